The van der Waals surface area contributed by atoms with Crippen LogP contribution in [-0.4, -0.2) is 30.7 Å². The van der Waals surface area contributed by atoms with Gasteiger partial charge in [-0.1, -0.05) is 0 Å². The maximum Gasteiger partial charge on any atom is 0.287 e. The van der Waals surface area contributed by atoms with Gasteiger partial charge >= 0.3 is 0 Å². The first-order chi connectivity index (χ1) is 6.74. The molecule has 2 aromatic rings. The van der Waals surface area contributed by atoms with Gasteiger partial charge in [0.15, 0.2) is 5.69 Å². The summed E-state index contributed by atoms with van der Waals surface area (Å²) in [5.74, 6) is 4.82. The maximum atomic E-state index is 11.2. The van der Waals surface area contributed by atoms with E-state index in [9.17, 15) is 4.79 Å². The molecule has 3 N–H and O–H groups in total. The van der Waals surface area contributed by atoms with Crippen molar-refractivity contribution in [2.75, 3.05) is 0 Å². The van der Waals surface area contributed by atoms with Crippen LogP contribution in [0.3, 0.4) is 0 Å². The molecule has 0 aliphatic carbocycles. The number of rotatable bonds is 1. The van der Waals surface area contributed by atoms with Crippen LogP contribution in [0.2, 0.25) is 0 Å². The van der Waals surface area contributed by atoms with Crippen molar-refractivity contribution in [1.29, 1.82) is 0 Å². The lowest BCUT2D eigenvalue weighted by Crippen LogP contribution is -2.32. The average Bonchev–Trinajstić information content (AvgIpc) is 2.66. The van der Waals surface area contributed by atoms with Gasteiger partial charge in [0.25, 0.3) is 11.7 Å². The fourth-order valence-corrected chi connectivity index (χ4v) is 1.09. The molecular formula is C6H7N7O. The minimum atomic E-state index is -0.507. The molecule has 0 saturated heterocycles. The summed E-state index contributed by atoms with van der Waals surface area (Å²) in [4.78, 5) is 15.0. The quantitative estimate of drug-likeness (QED) is 0.321. The van der Waals surface area contributed by atoms with Crippen molar-refractivity contribution in [3.05, 3.63) is 17.7 Å². The summed E-state index contributed by atoms with van der Waals surface area (Å²) in [5.41, 5.74) is 2.64. The average molecular weight is 193 g/mol. The van der Waals surface area contributed by atoms with Crippen molar-refractivity contribution in [2.45, 2.75) is 6.92 Å². The molecule has 2 aromatic heterocycles. The lowest BCUT2D eigenvalue weighted by atomic mass is 10.3. The summed E-state index contributed by atoms with van der Waals surface area (Å²) in [6.45, 7) is 1.68. The van der Waals surface area contributed by atoms with Gasteiger partial charge in [-0.3, -0.25) is 10.2 Å². The van der Waals surface area contributed by atoms with Crippen molar-refractivity contribution in [2.24, 2.45) is 5.84 Å². The fourth-order valence-electron chi connectivity index (χ4n) is 1.09. The molecule has 14 heavy (non-hydrogen) atoms. The highest BCUT2D eigenvalue weighted by Crippen LogP contribution is 2.03. The number of amides is 1. The monoisotopic (exact) mass is 193 g/mol. The van der Waals surface area contributed by atoms with Gasteiger partial charge in [0, 0.05) is 0 Å². The number of hydrogen-bond donors (Lipinski definition) is 2. The van der Waals surface area contributed by atoms with Crippen molar-refractivity contribution in [3.63, 3.8) is 0 Å². The minimum Gasteiger partial charge on any atom is -0.289 e. The van der Waals surface area contributed by atoms with Crippen LogP contribution in [0.15, 0.2) is 6.33 Å². The van der Waals surface area contributed by atoms with Crippen LogP contribution in [0.25, 0.3) is 5.78 Å². The van der Waals surface area contributed by atoms with E-state index in [4.69, 9.17) is 5.84 Å². The summed E-state index contributed by atoms with van der Waals surface area (Å²) in [6.07, 6.45) is 1.33. The largest absolute Gasteiger partial charge is 0.289 e. The van der Waals surface area contributed by atoms with E-state index in [0.29, 0.717) is 11.5 Å². The number of carbonyl (C=O) groups excluding carboxylic acids is 1. The Morgan fingerprint density at radius 2 is 2.36 bits per heavy atom. The Hall–Kier alpha value is -2.09. The normalized spacial score (nSPS) is 10.4. The van der Waals surface area contributed by atoms with Gasteiger partial charge in [-0.25, -0.2) is 5.84 Å². The van der Waals surface area contributed by atoms with E-state index in [1.54, 1.807) is 6.92 Å². The summed E-state index contributed by atoms with van der Waals surface area (Å²) in [7, 11) is 0. The predicted octanol–water partition coefficient (Wildman–Crippen LogP) is -1.57. The molecule has 0 aliphatic rings. The second-order valence-electron chi connectivity index (χ2n) is 2.58. The van der Waals surface area contributed by atoms with Gasteiger partial charge in [0.1, 0.15) is 6.33 Å². The highest BCUT2D eigenvalue weighted by molar-refractivity contribution is 5.92. The van der Waals surface area contributed by atoms with Crippen molar-refractivity contribution < 1.29 is 4.79 Å². The SMILES string of the molecule is Cc1c(C(=O)NN)nnc2ncnn12. The molecule has 1 amide bonds. The first kappa shape index (κ1) is 8.51. The van der Waals surface area contributed by atoms with Gasteiger partial charge < -0.3 is 0 Å². The van der Waals surface area contributed by atoms with E-state index < -0.39 is 5.91 Å². The van der Waals surface area contributed by atoms with Gasteiger partial charge in [0.05, 0.1) is 5.69 Å². The highest BCUT2D eigenvalue weighted by Gasteiger charge is 2.13. The fraction of sp³-hybridized carbons (Fsp3) is 0.167. The van der Waals surface area contributed by atoms with Crippen LogP contribution in [-0.2, 0) is 0 Å². The molecule has 8 nitrogen and oxygen atoms in total. The van der Waals surface area contributed by atoms with Crippen molar-refractivity contribution in [1.82, 2.24) is 30.2 Å². The number of aromatic nitrogens is 5. The highest BCUT2D eigenvalue weighted by atomic mass is 16.2. The van der Waals surface area contributed by atoms with Crippen LogP contribution in [0.1, 0.15) is 16.2 Å². The molecule has 2 heterocycles. The summed E-state index contributed by atoms with van der Waals surface area (Å²) in [6, 6.07) is 0. The molecule has 2 rings (SSSR count). The van der Waals surface area contributed by atoms with Gasteiger partial charge in [0.2, 0.25) is 0 Å². The molecule has 0 bridgehead atoms. The molecule has 0 aliphatic heterocycles. The van der Waals surface area contributed by atoms with Crippen molar-refractivity contribution in [3.8, 4) is 0 Å². The van der Waals surface area contributed by atoms with E-state index in [2.05, 4.69) is 20.3 Å². The lowest BCUT2D eigenvalue weighted by Gasteiger charge is -2.02. The number of nitrogens with one attached hydrogen (secondary N) is 1. The maximum absolute atomic E-state index is 11.2. The van der Waals surface area contributed by atoms with Gasteiger partial charge in [-0.05, 0) is 6.92 Å². The topological polar surface area (TPSA) is 111 Å². The van der Waals surface area contributed by atoms with E-state index in [-0.39, 0.29) is 5.69 Å². The van der Waals surface area contributed by atoms with E-state index in [0.717, 1.165) is 0 Å². The molecule has 0 unspecified atom stereocenters. The minimum absolute atomic E-state index is 0.130. The molecule has 8 heteroatoms. The number of nitrogens with zero attached hydrogens (tertiary/aromatic N) is 5. The molecule has 0 spiro atoms. The van der Waals surface area contributed by atoms with Gasteiger partial charge in [-0.2, -0.15) is 14.6 Å². The van der Waals surface area contributed by atoms with E-state index >= 15 is 0 Å². The number of aryl methyl sites for hydroxylation is 1. The zero-order valence-corrected chi connectivity index (χ0v) is 7.30. The Morgan fingerprint density at radius 3 is 3.07 bits per heavy atom. The first-order valence-corrected chi connectivity index (χ1v) is 3.78. The number of nitrogen functional groups attached to an aromatic ring is 1. The zero-order valence-electron chi connectivity index (χ0n) is 7.30. The Balaban J connectivity index is 2.67. The third-order valence-electron chi connectivity index (χ3n) is 1.78. The van der Waals surface area contributed by atoms with E-state index in [1.807, 2.05) is 5.43 Å². The lowest BCUT2D eigenvalue weighted by molar-refractivity contribution is 0.0946. The Kier molecular flexibility index (Phi) is 1.82. The van der Waals surface area contributed by atoms with Crippen LogP contribution in [0.5, 0.6) is 0 Å². The summed E-state index contributed by atoms with van der Waals surface area (Å²) < 4.78 is 1.41. The van der Waals surface area contributed by atoms with Crippen LogP contribution >= 0.6 is 0 Å². The molecule has 0 atom stereocenters. The number of fused-ring (bicyclic) bond motifs is 1. The van der Waals surface area contributed by atoms with Crippen molar-refractivity contribution >= 4 is 11.7 Å². The number of nitrogens with two attached hydrogens (primary N) is 1. The Labute approximate surface area is 78.1 Å². The first-order valence-electron chi connectivity index (χ1n) is 3.78. The number of carbonyl (C=O) groups is 1. The molecule has 72 valence electrons. The summed E-state index contributed by atoms with van der Waals surface area (Å²) >= 11 is 0. The number of hydrogen-bond acceptors (Lipinski definition) is 6. The van der Waals surface area contributed by atoms with E-state index in [1.165, 1.54) is 10.8 Å². The Morgan fingerprint density at radius 1 is 1.57 bits per heavy atom. The molecule has 0 radical (unpaired) electrons. The molecule has 0 saturated carbocycles. The standard InChI is InChI=1S/C6H7N7O/c1-3-4(5(14)10-7)11-12-6-8-2-9-13(3)6/h2H,7H2,1H3,(H,10,14). The zero-order chi connectivity index (χ0) is 10.1. The third kappa shape index (κ3) is 1.09. The van der Waals surface area contributed by atoms with Crippen LogP contribution in [0, 0.1) is 6.92 Å². The molecule has 0 fully saturated rings. The second-order valence-corrected chi connectivity index (χ2v) is 2.58. The summed E-state index contributed by atoms with van der Waals surface area (Å²) in [5, 5.41) is 11.3. The third-order valence-corrected chi connectivity index (χ3v) is 1.78. The molecular weight excluding hydrogens is 186 g/mol. The van der Waals surface area contributed by atoms with Crippen LogP contribution in [0.4, 0.5) is 0 Å². The van der Waals surface area contributed by atoms with Crippen LogP contribution < -0.4 is 11.3 Å². The smallest absolute Gasteiger partial charge is 0.287 e. The second kappa shape index (κ2) is 3.00. The molecule has 0 aromatic carbocycles. The predicted molar refractivity (Wildman–Crippen MR) is 45.0 cm³/mol. The Bertz CT molecular complexity index is 490. The van der Waals surface area contributed by atoms with Gasteiger partial charge in [-0.15, -0.1) is 10.2 Å². The number of hydrazine groups is 1.